The van der Waals surface area contributed by atoms with Crippen LogP contribution in [0, 0.1) is 5.92 Å². The number of carbonyl (C=O) groups is 2. The third-order valence-electron chi connectivity index (χ3n) is 5.94. The molecule has 2 heterocycles. The summed E-state index contributed by atoms with van der Waals surface area (Å²) in [6.45, 7) is 7.16. The Morgan fingerprint density at radius 2 is 1.81 bits per heavy atom. The predicted octanol–water partition coefficient (Wildman–Crippen LogP) is 3.10. The molecule has 1 fully saturated rings. The zero-order chi connectivity index (χ0) is 18.7. The Kier molecular flexibility index (Phi) is 5.97. The van der Waals surface area contributed by atoms with Gasteiger partial charge in [-0.25, -0.2) is 0 Å². The number of aliphatic carboxylic acids is 1. The molecule has 26 heavy (non-hydrogen) atoms. The van der Waals surface area contributed by atoms with Crippen LogP contribution < -0.4 is 0 Å². The monoisotopic (exact) mass is 358 g/mol. The molecule has 1 N–H and O–H groups in total. The fourth-order valence-corrected chi connectivity index (χ4v) is 4.37. The minimum absolute atomic E-state index is 0.0193. The van der Waals surface area contributed by atoms with Gasteiger partial charge in [-0.3, -0.25) is 9.59 Å². The molecule has 5 heteroatoms. The number of carboxylic acids is 1. The van der Waals surface area contributed by atoms with E-state index in [0.29, 0.717) is 24.9 Å². The largest absolute Gasteiger partial charge is 0.481 e. The van der Waals surface area contributed by atoms with Gasteiger partial charge in [0.25, 0.3) is 0 Å². The van der Waals surface area contributed by atoms with E-state index >= 15 is 0 Å². The Morgan fingerprint density at radius 1 is 1.12 bits per heavy atom. The summed E-state index contributed by atoms with van der Waals surface area (Å²) in [5.41, 5.74) is 2.18. The van der Waals surface area contributed by atoms with Crippen molar-refractivity contribution in [2.75, 3.05) is 19.6 Å². The number of amides is 1. The van der Waals surface area contributed by atoms with Crippen molar-refractivity contribution < 1.29 is 14.7 Å². The van der Waals surface area contributed by atoms with Crippen LogP contribution in [-0.4, -0.2) is 52.5 Å². The molecule has 1 aromatic carbocycles. The second-order valence-electron chi connectivity index (χ2n) is 7.93. The van der Waals surface area contributed by atoms with Gasteiger partial charge >= 0.3 is 5.97 Å². The number of piperidine rings is 1. The van der Waals surface area contributed by atoms with E-state index in [1.54, 1.807) is 0 Å². The second-order valence-corrected chi connectivity index (χ2v) is 7.93. The molecular formula is C21H30N2O3. The number of benzene rings is 1. The Hall–Kier alpha value is -1.88. The standard InChI is InChI=1S/C21H30N2O3/c1-15(2)22-10-7-16(8-11-22)13-20(24)23-12-9-17-5-3-4-6-18(17)19(23)14-21(25)26/h3-6,15-16,19H,7-14H2,1-2H3,(H,25,26)/t19-/m1/s1. The van der Waals surface area contributed by atoms with E-state index in [0.717, 1.165) is 37.9 Å². The maximum absolute atomic E-state index is 13.0. The quantitative estimate of drug-likeness (QED) is 0.879. The van der Waals surface area contributed by atoms with Gasteiger partial charge in [0.05, 0.1) is 12.5 Å². The van der Waals surface area contributed by atoms with E-state index in [1.165, 1.54) is 5.56 Å². The first-order valence-corrected chi connectivity index (χ1v) is 9.78. The van der Waals surface area contributed by atoms with Gasteiger partial charge in [0.15, 0.2) is 0 Å². The van der Waals surface area contributed by atoms with E-state index in [-0.39, 0.29) is 18.4 Å². The maximum atomic E-state index is 13.0. The number of hydrogen-bond donors (Lipinski definition) is 1. The van der Waals surface area contributed by atoms with Crippen LogP contribution in [0.15, 0.2) is 24.3 Å². The third-order valence-corrected chi connectivity index (χ3v) is 5.94. The smallest absolute Gasteiger partial charge is 0.305 e. The minimum Gasteiger partial charge on any atom is -0.481 e. The first-order valence-electron chi connectivity index (χ1n) is 9.78. The maximum Gasteiger partial charge on any atom is 0.305 e. The van der Waals surface area contributed by atoms with Gasteiger partial charge in [-0.1, -0.05) is 24.3 Å². The Bertz CT molecular complexity index is 650. The van der Waals surface area contributed by atoms with E-state index in [9.17, 15) is 14.7 Å². The normalized spacial score (nSPS) is 21.7. The first kappa shape index (κ1) is 18.9. The number of likely N-dealkylation sites (tertiary alicyclic amines) is 1. The Balaban J connectivity index is 1.67. The highest BCUT2D eigenvalue weighted by molar-refractivity contribution is 5.78. The van der Waals surface area contributed by atoms with Gasteiger partial charge in [0.2, 0.25) is 5.91 Å². The van der Waals surface area contributed by atoms with Crippen molar-refractivity contribution in [3.05, 3.63) is 35.4 Å². The number of carbonyl (C=O) groups excluding carboxylic acids is 1. The molecule has 0 saturated carbocycles. The summed E-state index contributed by atoms with van der Waals surface area (Å²) in [4.78, 5) is 28.7. The molecule has 2 aliphatic rings. The zero-order valence-corrected chi connectivity index (χ0v) is 15.9. The zero-order valence-electron chi connectivity index (χ0n) is 15.9. The lowest BCUT2D eigenvalue weighted by atomic mass is 9.88. The molecule has 1 atom stereocenters. The van der Waals surface area contributed by atoms with Crippen molar-refractivity contribution in [2.45, 2.75) is 58.0 Å². The summed E-state index contributed by atoms with van der Waals surface area (Å²) in [6.07, 6.45) is 3.44. The van der Waals surface area contributed by atoms with E-state index in [1.807, 2.05) is 29.2 Å². The molecule has 1 amide bonds. The molecule has 0 bridgehead atoms. The van der Waals surface area contributed by atoms with Crippen molar-refractivity contribution in [1.29, 1.82) is 0 Å². The Morgan fingerprint density at radius 3 is 2.46 bits per heavy atom. The molecular weight excluding hydrogens is 328 g/mol. The highest BCUT2D eigenvalue weighted by Gasteiger charge is 2.33. The minimum atomic E-state index is -0.852. The lowest BCUT2D eigenvalue weighted by molar-refractivity contribution is -0.142. The summed E-state index contributed by atoms with van der Waals surface area (Å²) < 4.78 is 0. The van der Waals surface area contributed by atoms with Gasteiger partial charge < -0.3 is 14.9 Å². The molecule has 1 saturated heterocycles. The average Bonchev–Trinajstić information content (AvgIpc) is 2.62. The van der Waals surface area contributed by atoms with Crippen molar-refractivity contribution >= 4 is 11.9 Å². The fraction of sp³-hybridized carbons (Fsp3) is 0.619. The van der Waals surface area contributed by atoms with Crippen LogP contribution in [-0.2, 0) is 16.0 Å². The van der Waals surface area contributed by atoms with Crippen molar-refractivity contribution in [3.63, 3.8) is 0 Å². The average molecular weight is 358 g/mol. The van der Waals surface area contributed by atoms with Crippen LogP contribution >= 0.6 is 0 Å². The number of hydrogen-bond acceptors (Lipinski definition) is 3. The molecule has 2 aliphatic heterocycles. The highest BCUT2D eigenvalue weighted by atomic mass is 16.4. The number of rotatable bonds is 5. The molecule has 5 nitrogen and oxygen atoms in total. The van der Waals surface area contributed by atoms with Gasteiger partial charge in [-0.15, -0.1) is 0 Å². The molecule has 0 aliphatic carbocycles. The Labute approximate surface area is 156 Å². The molecule has 0 radical (unpaired) electrons. The predicted molar refractivity (Wildman–Crippen MR) is 101 cm³/mol. The van der Waals surface area contributed by atoms with Crippen LogP contribution in [0.1, 0.15) is 56.7 Å². The molecule has 0 unspecified atom stereocenters. The summed E-state index contributed by atoms with van der Waals surface area (Å²) in [7, 11) is 0. The topological polar surface area (TPSA) is 60.9 Å². The van der Waals surface area contributed by atoms with Crippen LogP contribution in [0.2, 0.25) is 0 Å². The van der Waals surface area contributed by atoms with Crippen LogP contribution in [0.4, 0.5) is 0 Å². The fourth-order valence-electron chi connectivity index (χ4n) is 4.37. The van der Waals surface area contributed by atoms with Gasteiger partial charge in [0.1, 0.15) is 0 Å². The van der Waals surface area contributed by atoms with Gasteiger partial charge in [-0.2, -0.15) is 0 Å². The molecule has 0 spiro atoms. The van der Waals surface area contributed by atoms with E-state index in [2.05, 4.69) is 18.7 Å². The summed E-state index contributed by atoms with van der Waals surface area (Å²) in [5.74, 6) is -0.316. The van der Waals surface area contributed by atoms with Crippen LogP contribution in [0.5, 0.6) is 0 Å². The van der Waals surface area contributed by atoms with E-state index in [4.69, 9.17) is 0 Å². The van der Waals surface area contributed by atoms with Crippen molar-refractivity contribution in [2.24, 2.45) is 5.92 Å². The van der Waals surface area contributed by atoms with Gasteiger partial charge in [-0.05, 0) is 63.2 Å². The van der Waals surface area contributed by atoms with E-state index < -0.39 is 5.97 Å². The van der Waals surface area contributed by atoms with Crippen LogP contribution in [0.25, 0.3) is 0 Å². The summed E-state index contributed by atoms with van der Waals surface area (Å²) in [6, 6.07) is 8.17. The van der Waals surface area contributed by atoms with Crippen molar-refractivity contribution in [3.8, 4) is 0 Å². The van der Waals surface area contributed by atoms with Gasteiger partial charge in [0, 0.05) is 19.0 Å². The second kappa shape index (κ2) is 8.21. The molecule has 142 valence electrons. The first-order chi connectivity index (χ1) is 12.5. The van der Waals surface area contributed by atoms with Crippen LogP contribution in [0.3, 0.4) is 0 Å². The molecule has 0 aromatic heterocycles. The highest BCUT2D eigenvalue weighted by Crippen LogP contribution is 2.34. The lowest BCUT2D eigenvalue weighted by Crippen LogP contribution is -2.43. The molecule has 1 aromatic rings. The number of nitrogens with zero attached hydrogens (tertiary/aromatic N) is 2. The third kappa shape index (κ3) is 4.26. The summed E-state index contributed by atoms with van der Waals surface area (Å²) >= 11 is 0. The number of fused-ring (bicyclic) bond motifs is 1. The molecule has 3 rings (SSSR count). The number of carboxylic acid groups (broad SMARTS) is 1. The lowest BCUT2D eigenvalue weighted by Gasteiger charge is -2.39. The van der Waals surface area contributed by atoms with Crippen molar-refractivity contribution in [1.82, 2.24) is 9.80 Å². The SMILES string of the molecule is CC(C)N1CCC(CC(=O)N2CCc3ccccc3[C@H]2CC(=O)O)CC1. The summed E-state index contributed by atoms with van der Waals surface area (Å²) in [5, 5.41) is 9.35.